The minimum atomic E-state index is 0.831. The summed E-state index contributed by atoms with van der Waals surface area (Å²) in [7, 11) is 0. The lowest BCUT2D eigenvalue weighted by Crippen LogP contribution is -2.47. The summed E-state index contributed by atoms with van der Waals surface area (Å²) < 4.78 is 0. The van der Waals surface area contributed by atoms with Crippen LogP contribution in [0.3, 0.4) is 0 Å². The highest BCUT2D eigenvalue weighted by molar-refractivity contribution is 7.99. The van der Waals surface area contributed by atoms with Crippen molar-refractivity contribution in [3.8, 4) is 0 Å². The minimum absolute atomic E-state index is 0.831. The molecule has 0 atom stereocenters. The van der Waals surface area contributed by atoms with Gasteiger partial charge in [0.05, 0.1) is 0 Å². The van der Waals surface area contributed by atoms with Gasteiger partial charge in [-0.3, -0.25) is 4.90 Å². The van der Waals surface area contributed by atoms with Gasteiger partial charge in [0.25, 0.3) is 0 Å². The maximum atomic E-state index is 2.73. The third kappa shape index (κ3) is 2.99. The van der Waals surface area contributed by atoms with Crippen molar-refractivity contribution in [1.29, 1.82) is 0 Å². The molecule has 0 aromatic heterocycles. The van der Waals surface area contributed by atoms with Crippen molar-refractivity contribution in [1.82, 2.24) is 4.90 Å². The van der Waals surface area contributed by atoms with Crippen LogP contribution < -0.4 is 4.90 Å². The van der Waals surface area contributed by atoms with Crippen molar-refractivity contribution in [3.63, 3.8) is 0 Å². The molecule has 20 heavy (non-hydrogen) atoms. The van der Waals surface area contributed by atoms with E-state index in [9.17, 15) is 0 Å². The van der Waals surface area contributed by atoms with E-state index >= 15 is 0 Å². The molecular formula is C17H26N2S. The summed E-state index contributed by atoms with van der Waals surface area (Å²) in [6.45, 7) is 9.53. The molecule has 0 radical (unpaired) electrons. The summed E-state index contributed by atoms with van der Waals surface area (Å²) in [4.78, 5) is 5.33. The first-order chi connectivity index (χ1) is 9.75. The van der Waals surface area contributed by atoms with E-state index in [0.29, 0.717) is 0 Å². The van der Waals surface area contributed by atoms with Gasteiger partial charge in [0.2, 0.25) is 0 Å². The molecule has 0 bridgehead atoms. The van der Waals surface area contributed by atoms with Crippen LogP contribution in [0.2, 0.25) is 0 Å². The first-order valence-corrected chi connectivity index (χ1v) is 9.04. The predicted octanol–water partition coefficient (Wildman–Crippen LogP) is 3.32. The second kappa shape index (κ2) is 6.40. The van der Waals surface area contributed by atoms with Gasteiger partial charge in [-0.05, 0) is 43.9 Å². The maximum Gasteiger partial charge on any atom is 0.0398 e. The van der Waals surface area contributed by atoms with Gasteiger partial charge in [-0.25, -0.2) is 0 Å². The summed E-state index contributed by atoms with van der Waals surface area (Å²) in [5.41, 5.74) is 4.33. The highest BCUT2D eigenvalue weighted by atomic mass is 32.2. The standard InChI is InChI=1S/C17H26N2S/c1-14-4-3-5-17(15(14)2)19-8-6-16(7-9-19)18-10-12-20-13-11-18/h3-5,16H,6-13H2,1-2H3. The van der Waals surface area contributed by atoms with Crippen LogP contribution in [0.4, 0.5) is 5.69 Å². The van der Waals surface area contributed by atoms with E-state index in [2.05, 4.69) is 53.6 Å². The molecule has 2 fully saturated rings. The molecule has 0 saturated carbocycles. The number of aryl methyl sites for hydroxylation is 1. The number of rotatable bonds is 2. The summed E-state index contributed by atoms with van der Waals surface area (Å²) >= 11 is 2.11. The fourth-order valence-electron chi connectivity index (χ4n) is 3.49. The number of anilines is 1. The topological polar surface area (TPSA) is 6.48 Å². The second-order valence-electron chi connectivity index (χ2n) is 6.09. The molecule has 0 aliphatic carbocycles. The number of hydrogen-bond donors (Lipinski definition) is 0. The number of thioether (sulfide) groups is 1. The lowest BCUT2D eigenvalue weighted by atomic mass is 10.00. The fraction of sp³-hybridized carbons (Fsp3) is 0.647. The van der Waals surface area contributed by atoms with Crippen LogP contribution in [0.1, 0.15) is 24.0 Å². The van der Waals surface area contributed by atoms with E-state index in [1.807, 2.05) is 0 Å². The van der Waals surface area contributed by atoms with Crippen LogP contribution in [-0.4, -0.2) is 48.6 Å². The zero-order valence-electron chi connectivity index (χ0n) is 12.8. The number of hydrogen-bond acceptors (Lipinski definition) is 3. The molecule has 2 saturated heterocycles. The minimum Gasteiger partial charge on any atom is -0.371 e. The molecule has 2 nitrogen and oxygen atoms in total. The average molecular weight is 290 g/mol. The Bertz CT molecular complexity index is 446. The Kier molecular flexibility index (Phi) is 4.57. The summed E-state index contributed by atoms with van der Waals surface area (Å²) in [5.74, 6) is 2.66. The summed E-state index contributed by atoms with van der Waals surface area (Å²) in [5, 5.41) is 0. The SMILES string of the molecule is Cc1cccc(N2CCC(N3CCSCC3)CC2)c1C. The zero-order valence-corrected chi connectivity index (χ0v) is 13.6. The molecule has 3 heteroatoms. The molecule has 0 amide bonds. The van der Waals surface area contributed by atoms with Gasteiger partial charge < -0.3 is 4.90 Å². The van der Waals surface area contributed by atoms with E-state index in [-0.39, 0.29) is 0 Å². The molecule has 0 spiro atoms. The van der Waals surface area contributed by atoms with Crippen molar-refractivity contribution in [2.45, 2.75) is 32.7 Å². The second-order valence-corrected chi connectivity index (χ2v) is 7.31. The first-order valence-electron chi connectivity index (χ1n) is 7.88. The molecule has 2 heterocycles. The number of nitrogens with zero attached hydrogens (tertiary/aromatic N) is 2. The molecular weight excluding hydrogens is 264 g/mol. The molecule has 0 unspecified atom stereocenters. The van der Waals surface area contributed by atoms with Gasteiger partial charge in [-0.1, -0.05) is 12.1 Å². The van der Waals surface area contributed by atoms with E-state index < -0.39 is 0 Å². The molecule has 1 aromatic carbocycles. The van der Waals surface area contributed by atoms with Crippen LogP contribution in [0.5, 0.6) is 0 Å². The third-order valence-electron chi connectivity index (χ3n) is 4.94. The quantitative estimate of drug-likeness (QED) is 0.825. The Hall–Kier alpha value is -0.670. The lowest BCUT2D eigenvalue weighted by Gasteiger charge is -2.41. The first kappa shape index (κ1) is 14.3. The van der Waals surface area contributed by atoms with Gasteiger partial charge >= 0.3 is 0 Å². The van der Waals surface area contributed by atoms with Crippen LogP contribution in [0.15, 0.2) is 18.2 Å². The van der Waals surface area contributed by atoms with Crippen LogP contribution in [-0.2, 0) is 0 Å². The van der Waals surface area contributed by atoms with E-state index in [0.717, 1.165) is 6.04 Å². The normalized spacial score (nSPS) is 22.2. The zero-order chi connectivity index (χ0) is 13.9. The summed E-state index contributed by atoms with van der Waals surface area (Å²) in [6.07, 6.45) is 2.66. The van der Waals surface area contributed by atoms with Crippen LogP contribution in [0.25, 0.3) is 0 Å². The highest BCUT2D eigenvalue weighted by Gasteiger charge is 2.26. The number of piperidine rings is 1. The Morgan fingerprint density at radius 1 is 1.00 bits per heavy atom. The van der Waals surface area contributed by atoms with Crippen molar-refractivity contribution >= 4 is 17.4 Å². The molecule has 1 aromatic rings. The smallest absolute Gasteiger partial charge is 0.0398 e. The predicted molar refractivity (Wildman–Crippen MR) is 90.0 cm³/mol. The van der Waals surface area contributed by atoms with Crippen molar-refractivity contribution in [2.24, 2.45) is 0 Å². The Morgan fingerprint density at radius 3 is 2.40 bits per heavy atom. The number of benzene rings is 1. The molecule has 0 N–H and O–H groups in total. The van der Waals surface area contributed by atoms with Gasteiger partial charge in [-0.2, -0.15) is 11.8 Å². The highest BCUT2D eigenvalue weighted by Crippen LogP contribution is 2.28. The van der Waals surface area contributed by atoms with Gasteiger partial charge in [0, 0.05) is 49.4 Å². The maximum absolute atomic E-state index is 2.73. The molecule has 3 rings (SSSR count). The van der Waals surface area contributed by atoms with Gasteiger partial charge in [0.15, 0.2) is 0 Å². The van der Waals surface area contributed by atoms with Crippen molar-refractivity contribution in [2.75, 3.05) is 42.6 Å². The summed E-state index contributed by atoms with van der Waals surface area (Å²) in [6, 6.07) is 7.54. The van der Waals surface area contributed by atoms with Crippen molar-refractivity contribution in [3.05, 3.63) is 29.3 Å². The monoisotopic (exact) mass is 290 g/mol. The molecule has 2 aliphatic heterocycles. The van der Waals surface area contributed by atoms with Crippen LogP contribution >= 0.6 is 11.8 Å². The Balaban J connectivity index is 1.62. The Labute approximate surface area is 127 Å². The largest absolute Gasteiger partial charge is 0.371 e. The van der Waals surface area contributed by atoms with Crippen LogP contribution in [0, 0.1) is 13.8 Å². The van der Waals surface area contributed by atoms with E-state index in [1.165, 1.54) is 67.3 Å². The average Bonchev–Trinajstić information content (AvgIpc) is 2.51. The van der Waals surface area contributed by atoms with E-state index in [4.69, 9.17) is 0 Å². The third-order valence-corrected chi connectivity index (χ3v) is 5.89. The molecule has 2 aliphatic rings. The fourth-order valence-corrected chi connectivity index (χ4v) is 4.42. The van der Waals surface area contributed by atoms with Crippen molar-refractivity contribution < 1.29 is 0 Å². The lowest BCUT2D eigenvalue weighted by molar-refractivity contribution is 0.186. The van der Waals surface area contributed by atoms with E-state index in [1.54, 1.807) is 0 Å². The van der Waals surface area contributed by atoms with Gasteiger partial charge in [-0.15, -0.1) is 0 Å². The Morgan fingerprint density at radius 2 is 1.70 bits per heavy atom. The molecule has 110 valence electrons. The van der Waals surface area contributed by atoms with Gasteiger partial charge in [0.1, 0.15) is 0 Å².